The molecule has 0 aromatic heterocycles. The van der Waals surface area contributed by atoms with Crippen LogP contribution in [-0.2, 0) is 9.84 Å². The van der Waals surface area contributed by atoms with Crippen molar-refractivity contribution in [2.45, 2.75) is 74.7 Å². The highest BCUT2D eigenvalue weighted by Gasteiger charge is 2.88. The van der Waals surface area contributed by atoms with Gasteiger partial charge < -0.3 is 0 Å². The summed E-state index contributed by atoms with van der Waals surface area (Å²) in [4.78, 5) is 0. The van der Waals surface area contributed by atoms with Crippen molar-refractivity contribution in [3.63, 3.8) is 0 Å². The zero-order valence-electron chi connectivity index (χ0n) is 12.6. The van der Waals surface area contributed by atoms with Gasteiger partial charge in [0, 0.05) is 0 Å². The van der Waals surface area contributed by atoms with Gasteiger partial charge in [-0.1, -0.05) is 53.1 Å². The van der Waals surface area contributed by atoms with Crippen LogP contribution >= 0.6 is 0 Å². The maximum atomic E-state index is 12.9. The van der Waals surface area contributed by atoms with Gasteiger partial charge in [-0.2, -0.15) is 0 Å². The largest absolute Gasteiger partial charge is 0.228 e. The van der Waals surface area contributed by atoms with E-state index in [2.05, 4.69) is 53.1 Å². The first-order valence-electron chi connectivity index (χ1n) is 6.61. The van der Waals surface area contributed by atoms with Crippen LogP contribution in [0, 0.1) is 0 Å². The van der Waals surface area contributed by atoms with Gasteiger partial charge in [0.2, 0.25) is 0 Å². The topological polar surface area (TPSA) is 34.1 Å². The highest BCUT2D eigenvalue weighted by Crippen LogP contribution is 2.68. The van der Waals surface area contributed by atoms with Crippen molar-refractivity contribution in [3.05, 3.63) is 0 Å². The Bertz CT molecular complexity index is 383. The summed E-state index contributed by atoms with van der Waals surface area (Å²) in [5.41, 5.74) is 0. The molecule has 0 N–H and O–H groups in total. The van der Waals surface area contributed by atoms with E-state index < -0.39 is 26.0 Å². The average molecular weight is 293 g/mol. The zero-order valence-corrected chi connectivity index (χ0v) is 15.5. The molecule has 0 amide bonds. The van der Waals surface area contributed by atoms with Crippen molar-refractivity contribution < 1.29 is 8.42 Å². The molecule has 2 atom stereocenters. The van der Waals surface area contributed by atoms with Crippen LogP contribution in [0.5, 0.6) is 0 Å². The summed E-state index contributed by atoms with van der Waals surface area (Å²) in [6, 6.07) is 0. The molecule has 0 unspecified atom stereocenters. The summed E-state index contributed by atoms with van der Waals surface area (Å²) in [5.74, 6) is 0. The van der Waals surface area contributed by atoms with Crippen LogP contribution < -0.4 is 0 Å². The molecule has 1 heterocycles. The lowest BCUT2D eigenvalue weighted by atomic mass is 10.2. The van der Waals surface area contributed by atoms with Crippen LogP contribution in [0.15, 0.2) is 0 Å². The van der Waals surface area contributed by atoms with Gasteiger partial charge in [0.15, 0.2) is 9.84 Å². The van der Waals surface area contributed by atoms with Crippen molar-refractivity contribution in [1.29, 1.82) is 0 Å². The molecule has 1 fully saturated rings. The lowest BCUT2D eigenvalue weighted by Gasteiger charge is -2.35. The van der Waals surface area contributed by atoms with E-state index in [9.17, 15) is 8.42 Å². The van der Waals surface area contributed by atoms with Crippen LogP contribution in [0.3, 0.4) is 0 Å². The summed E-state index contributed by atoms with van der Waals surface area (Å²) >= 11 is 0. The number of sulfone groups is 1. The molecule has 0 aromatic rings. The maximum Gasteiger partial charge on any atom is 0.158 e. The minimum Gasteiger partial charge on any atom is -0.228 e. The van der Waals surface area contributed by atoms with E-state index in [4.69, 9.17) is 0 Å². The van der Waals surface area contributed by atoms with E-state index in [1.54, 1.807) is 0 Å². The molecular weight excluding hydrogens is 264 g/mol. The maximum absolute atomic E-state index is 12.9. The molecule has 0 spiro atoms. The minimum atomic E-state index is -2.91. The fourth-order valence-corrected chi connectivity index (χ4v) is 24.1. The predicted octanol–water partition coefficient (Wildman–Crippen LogP) is 3.47. The zero-order chi connectivity index (χ0) is 13.9. The second kappa shape index (κ2) is 3.70. The first kappa shape index (κ1) is 15.4. The fraction of sp³-hybridized carbons (Fsp3) is 1.00. The molecule has 1 rings (SSSR count). The van der Waals surface area contributed by atoms with Crippen molar-refractivity contribution >= 4 is 26.0 Å². The van der Waals surface area contributed by atoms with Crippen molar-refractivity contribution in [3.8, 4) is 0 Å². The Kier molecular flexibility index (Phi) is 3.36. The van der Waals surface area contributed by atoms with E-state index >= 15 is 0 Å². The number of rotatable bonds is 4. The van der Waals surface area contributed by atoms with E-state index in [1.165, 1.54) is 0 Å². The third kappa shape index (κ3) is 1.39. The molecule has 17 heavy (non-hydrogen) atoms. The molecule has 0 radical (unpaired) electrons. The molecule has 1 aliphatic heterocycles. The Morgan fingerprint density at radius 2 is 1.00 bits per heavy atom. The summed E-state index contributed by atoms with van der Waals surface area (Å²) in [6.07, 6.45) is 1.62. The molecule has 5 heteroatoms. The molecular formula is C12H28O2SSi2. The summed E-state index contributed by atoms with van der Waals surface area (Å²) in [6.45, 7) is 17.5. The smallest absolute Gasteiger partial charge is 0.158 e. The van der Waals surface area contributed by atoms with Crippen molar-refractivity contribution in [2.24, 2.45) is 0 Å². The standard InChI is InChI=1S/C12H28O2SSi2/c1-9-11(16(3,4)5)12(10-2,15(11,13)14)17(6,7)8/h9-10H2,1-8H3/t11-,12-/m1/s1. The highest BCUT2D eigenvalue weighted by molar-refractivity contribution is 8.06. The number of hydrogen-bond acceptors (Lipinski definition) is 2. The van der Waals surface area contributed by atoms with E-state index in [1.807, 2.05) is 0 Å². The molecule has 0 saturated carbocycles. The van der Waals surface area contributed by atoms with Gasteiger partial charge >= 0.3 is 0 Å². The van der Waals surface area contributed by atoms with E-state index in [0.29, 0.717) is 0 Å². The van der Waals surface area contributed by atoms with E-state index in [0.717, 1.165) is 12.8 Å². The summed E-state index contributed by atoms with van der Waals surface area (Å²) < 4.78 is 25.0. The molecule has 1 aliphatic rings. The molecule has 0 aromatic carbocycles. The lowest BCUT2D eigenvalue weighted by Crippen LogP contribution is -2.55. The Morgan fingerprint density at radius 1 is 0.765 bits per heavy atom. The third-order valence-electron chi connectivity index (χ3n) is 4.95. The average Bonchev–Trinajstić information content (AvgIpc) is 2.56. The van der Waals surface area contributed by atoms with Crippen molar-refractivity contribution in [1.82, 2.24) is 0 Å². The molecule has 1 saturated heterocycles. The quantitative estimate of drug-likeness (QED) is 0.587. The van der Waals surface area contributed by atoms with Crippen LogP contribution in [0.4, 0.5) is 0 Å². The first-order chi connectivity index (χ1) is 7.37. The van der Waals surface area contributed by atoms with Crippen molar-refractivity contribution in [2.75, 3.05) is 0 Å². The van der Waals surface area contributed by atoms with Gasteiger partial charge in [0.1, 0.15) is 0 Å². The van der Waals surface area contributed by atoms with Gasteiger partial charge in [-0.25, -0.2) is 8.42 Å². The fourth-order valence-electron chi connectivity index (χ4n) is 4.54. The van der Waals surface area contributed by atoms with Crippen LogP contribution in [-0.4, -0.2) is 33.3 Å². The SMILES string of the molecule is CC[C@@]1([Si](C)(C)C)[C@@](CC)([Si](C)(C)C)S1(=O)=O. The lowest BCUT2D eigenvalue weighted by molar-refractivity contribution is 0.607. The molecule has 2 nitrogen and oxygen atoms in total. The van der Waals surface area contributed by atoms with Gasteiger partial charge in [0.05, 0.1) is 24.9 Å². The number of hydrogen-bond donors (Lipinski definition) is 0. The normalized spacial score (nSPS) is 36.9. The monoisotopic (exact) mass is 292 g/mol. The minimum absolute atomic E-state index is 0.355. The second-order valence-electron chi connectivity index (χ2n) is 7.36. The first-order valence-corrected chi connectivity index (χ1v) is 15.1. The Balaban J connectivity index is 3.60. The Hall–Kier alpha value is 0.384. The molecule has 0 aliphatic carbocycles. The molecule has 0 bridgehead atoms. The van der Waals surface area contributed by atoms with Crippen LogP contribution in [0.2, 0.25) is 39.3 Å². The van der Waals surface area contributed by atoms with E-state index in [-0.39, 0.29) is 8.74 Å². The summed E-state index contributed by atoms with van der Waals surface area (Å²) in [5, 5.41) is 0. The predicted molar refractivity (Wildman–Crippen MR) is 81.7 cm³/mol. The van der Waals surface area contributed by atoms with Gasteiger partial charge in [-0.3, -0.25) is 0 Å². The summed E-state index contributed by atoms with van der Waals surface area (Å²) in [7, 11) is -6.37. The molecule has 102 valence electrons. The van der Waals surface area contributed by atoms with Gasteiger partial charge in [-0.05, 0) is 12.8 Å². The highest BCUT2D eigenvalue weighted by atomic mass is 32.2. The van der Waals surface area contributed by atoms with Crippen LogP contribution in [0.25, 0.3) is 0 Å². The Morgan fingerprint density at radius 3 is 1.06 bits per heavy atom. The van der Waals surface area contributed by atoms with Gasteiger partial charge in [0.25, 0.3) is 0 Å². The van der Waals surface area contributed by atoms with Gasteiger partial charge in [-0.15, -0.1) is 0 Å². The second-order valence-corrected chi connectivity index (χ2v) is 21.2. The third-order valence-corrected chi connectivity index (χ3v) is 20.2. The Labute approximate surface area is 109 Å². The van der Waals surface area contributed by atoms with Crippen LogP contribution in [0.1, 0.15) is 26.7 Å².